The van der Waals surface area contributed by atoms with Gasteiger partial charge in [-0.25, -0.2) is 0 Å². The topological polar surface area (TPSA) is 278 Å². The third kappa shape index (κ3) is 8.60. The molecule has 3 saturated heterocycles. The fraction of sp³-hybridized carbons (Fsp3) is 0.957. The summed E-state index contributed by atoms with van der Waals surface area (Å²) in [6.07, 6.45) is -12.5. The molecule has 11 N–H and O–H groups in total. The van der Waals surface area contributed by atoms with Gasteiger partial charge in [0.1, 0.15) is 67.1 Å². The van der Waals surface area contributed by atoms with E-state index in [1.54, 1.807) is 0 Å². The molecule has 370 valence electrons. The molecule has 0 spiro atoms. The number of rotatable bonds is 12. The lowest BCUT2D eigenvalue weighted by molar-refractivity contribution is -0.346. The van der Waals surface area contributed by atoms with Crippen LogP contribution in [0.15, 0.2) is 11.6 Å². The van der Waals surface area contributed by atoms with Gasteiger partial charge in [-0.1, -0.05) is 46.3 Å². The molecule has 0 aromatic heterocycles. The fourth-order valence-electron chi connectivity index (χ4n) is 14.7. The maximum absolute atomic E-state index is 12.1. The highest BCUT2D eigenvalue weighted by Gasteiger charge is 2.71. The minimum atomic E-state index is -1.64. The SMILES string of the molecule is CC(C)=CCC[C@](C)(O[C@@H]1O[C@H](CO[C@@H]2OC[C@@H](O)[C@H](O)[C@H]2O)[C@@H](O)[C@H](O)[C@H]1O)[C@H]1CC[C@]2(C)[C@@H]1CC[C@@H]1[C@@]3(C)C[C@@H](O)[C@H](O[C@@H]4O[C@H](CO)[C@@H](O)[C@H](O)[C@H]4O)C(C)(C)[C@@H]3CC[C@]12C. The van der Waals surface area contributed by atoms with E-state index in [1.807, 2.05) is 13.8 Å². The Kier molecular flexibility index (Phi) is 14.9. The average molecular weight is 917 g/mol. The molecular formula is C47H80O17. The van der Waals surface area contributed by atoms with Crippen LogP contribution in [0.5, 0.6) is 0 Å². The first-order chi connectivity index (χ1) is 29.9. The molecule has 4 saturated carbocycles. The Morgan fingerprint density at radius 1 is 0.672 bits per heavy atom. The maximum atomic E-state index is 12.1. The van der Waals surface area contributed by atoms with Crippen LogP contribution < -0.4 is 0 Å². The number of hydrogen-bond acceptors (Lipinski definition) is 17. The molecule has 0 bridgehead atoms. The normalized spacial score (nSPS) is 52.5. The van der Waals surface area contributed by atoms with Crippen molar-refractivity contribution < 1.29 is 84.6 Å². The Labute approximate surface area is 377 Å². The van der Waals surface area contributed by atoms with Crippen LogP contribution >= 0.6 is 0 Å². The molecule has 0 amide bonds. The molecule has 7 fully saturated rings. The summed E-state index contributed by atoms with van der Waals surface area (Å²) < 4.78 is 36.4. The highest BCUT2D eigenvalue weighted by atomic mass is 16.7. The van der Waals surface area contributed by atoms with E-state index >= 15 is 0 Å². The van der Waals surface area contributed by atoms with Crippen LogP contribution in [0.3, 0.4) is 0 Å². The van der Waals surface area contributed by atoms with Crippen molar-refractivity contribution in [1.82, 2.24) is 0 Å². The molecule has 24 atom stereocenters. The van der Waals surface area contributed by atoms with Crippen LogP contribution in [0.1, 0.15) is 113 Å². The summed E-state index contributed by atoms with van der Waals surface area (Å²) in [6, 6.07) is 0. The van der Waals surface area contributed by atoms with Crippen LogP contribution in [0.4, 0.5) is 0 Å². The Morgan fingerprint density at radius 3 is 1.94 bits per heavy atom. The monoisotopic (exact) mass is 917 g/mol. The zero-order valence-electron chi connectivity index (χ0n) is 39.0. The average Bonchev–Trinajstić information content (AvgIpc) is 3.60. The van der Waals surface area contributed by atoms with Crippen LogP contribution in [-0.2, 0) is 28.4 Å². The minimum absolute atomic E-state index is 0.0317. The van der Waals surface area contributed by atoms with Gasteiger partial charge < -0.3 is 84.6 Å². The summed E-state index contributed by atoms with van der Waals surface area (Å²) in [6.45, 7) is 16.3. The second-order valence-electron chi connectivity index (χ2n) is 22.5. The van der Waals surface area contributed by atoms with E-state index in [-0.39, 0.29) is 53.1 Å². The molecule has 4 aliphatic carbocycles. The third-order valence-corrected chi connectivity index (χ3v) is 18.3. The smallest absolute Gasteiger partial charge is 0.187 e. The van der Waals surface area contributed by atoms with E-state index in [1.165, 1.54) is 0 Å². The summed E-state index contributed by atoms with van der Waals surface area (Å²) in [5.41, 5.74) is -0.829. The first-order valence-electron chi connectivity index (χ1n) is 23.8. The zero-order chi connectivity index (χ0) is 47.1. The Morgan fingerprint density at radius 2 is 1.28 bits per heavy atom. The van der Waals surface area contributed by atoms with Gasteiger partial charge in [0.2, 0.25) is 0 Å². The lowest BCUT2D eigenvalue weighted by Crippen LogP contribution is -2.68. The van der Waals surface area contributed by atoms with Crippen molar-refractivity contribution in [2.45, 2.75) is 217 Å². The Bertz CT molecular complexity index is 1630. The summed E-state index contributed by atoms with van der Waals surface area (Å²) in [7, 11) is 0. The van der Waals surface area contributed by atoms with Gasteiger partial charge in [-0.05, 0) is 124 Å². The summed E-state index contributed by atoms with van der Waals surface area (Å²) >= 11 is 0. The largest absolute Gasteiger partial charge is 0.394 e. The molecular weight excluding hydrogens is 836 g/mol. The van der Waals surface area contributed by atoms with E-state index in [9.17, 15) is 56.2 Å². The molecule has 3 heterocycles. The van der Waals surface area contributed by atoms with Gasteiger partial charge in [-0.15, -0.1) is 0 Å². The predicted octanol–water partition coefficient (Wildman–Crippen LogP) is 0.612. The third-order valence-electron chi connectivity index (χ3n) is 18.3. The van der Waals surface area contributed by atoms with Gasteiger partial charge >= 0.3 is 0 Å². The van der Waals surface area contributed by atoms with Crippen LogP contribution in [0, 0.1) is 45.3 Å². The van der Waals surface area contributed by atoms with Gasteiger partial charge in [-0.2, -0.15) is 0 Å². The molecule has 0 radical (unpaired) electrons. The quantitative estimate of drug-likeness (QED) is 0.0946. The van der Waals surface area contributed by atoms with Crippen molar-refractivity contribution in [2.24, 2.45) is 45.3 Å². The minimum Gasteiger partial charge on any atom is -0.394 e. The van der Waals surface area contributed by atoms with E-state index in [0.717, 1.165) is 44.1 Å². The molecule has 0 unspecified atom stereocenters. The van der Waals surface area contributed by atoms with E-state index < -0.39 is 116 Å². The van der Waals surface area contributed by atoms with E-state index in [4.69, 9.17) is 28.4 Å². The molecule has 64 heavy (non-hydrogen) atoms. The highest BCUT2D eigenvalue weighted by Crippen LogP contribution is 2.76. The Hall–Kier alpha value is -0.940. The molecule has 0 aromatic rings. The maximum Gasteiger partial charge on any atom is 0.187 e. The lowest BCUT2D eigenvalue weighted by atomic mass is 9.35. The van der Waals surface area contributed by atoms with Crippen molar-refractivity contribution in [3.8, 4) is 0 Å². The number of allylic oxidation sites excluding steroid dienone is 2. The van der Waals surface area contributed by atoms with Gasteiger partial charge in [0.25, 0.3) is 0 Å². The van der Waals surface area contributed by atoms with Crippen molar-refractivity contribution >= 4 is 0 Å². The van der Waals surface area contributed by atoms with Gasteiger partial charge in [0.05, 0.1) is 37.6 Å². The first-order valence-corrected chi connectivity index (χ1v) is 23.8. The van der Waals surface area contributed by atoms with Crippen LogP contribution in [-0.4, -0.2) is 180 Å². The molecule has 3 aliphatic heterocycles. The molecule has 7 rings (SSSR count). The summed E-state index contributed by atoms with van der Waals surface area (Å²) in [5, 5.41) is 118. The fourth-order valence-corrected chi connectivity index (χ4v) is 14.7. The molecule has 0 aromatic carbocycles. The molecule has 7 aliphatic rings. The first kappa shape index (κ1) is 50.9. The molecule has 17 heteroatoms. The van der Waals surface area contributed by atoms with Crippen molar-refractivity contribution in [2.75, 3.05) is 19.8 Å². The summed E-state index contributed by atoms with van der Waals surface area (Å²) in [4.78, 5) is 0. The number of hydrogen-bond donors (Lipinski definition) is 11. The number of aliphatic hydroxyl groups excluding tert-OH is 11. The lowest BCUT2D eigenvalue weighted by Gasteiger charge is -2.70. The second kappa shape index (κ2) is 18.8. The Balaban J connectivity index is 1.10. The number of aliphatic hydroxyl groups is 11. The van der Waals surface area contributed by atoms with Gasteiger partial charge in [-0.3, -0.25) is 0 Å². The van der Waals surface area contributed by atoms with Gasteiger partial charge in [0, 0.05) is 0 Å². The van der Waals surface area contributed by atoms with Crippen LogP contribution in [0.25, 0.3) is 0 Å². The summed E-state index contributed by atoms with van der Waals surface area (Å²) in [5.74, 6) is 0.621. The second-order valence-corrected chi connectivity index (χ2v) is 22.5. The van der Waals surface area contributed by atoms with Crippen LogP contribution in [0.2, 0.25) is 0 Å². The van der Waals surface area contributed by atoms with Crippen molar-refractivity contribution in [1.29, 1.82) is 0 Å². The standard InChI is InChI=1S/C47H80O17/c1-22(2)10-9-15-47(8,64-42-38(58)35(55)33(53)28(62-42)21-60-40-36(56)31(51)26(50)20-59-40)24-13-16-45(6)23(24)11-12-30-44(5)18-25(49)39(43(3,4)29(44)14-17-46(30,45)7)63-41-37(57)34(54)32(52)27(19-48)61-41/h10,23-42,48-58H,9,11-21H2,1-8H3/t23-,24+,25-,26-,27-,28-,29+,30-,31+,32-,33-,34+,35+,36-,37-,38-,39+,40+,41+,42+,44+,45-,46-,47+/m1/s1. The highest BCUT2D eigenvalue weighted by molar-refractivity contribution is 5.20. The zero-order valence-corrected chi connectivity index (χ0v) is 39.0. The predicted molar refractivity (Wildman–Crippen MR) is 228 cm³/mol. The number of ether oxygens (including phenoxy) is 6. The number of fused-ring (bicyclic) bond motifs is 5. The van der Waals surface area contributed by atoms with E-state index in [2.05, 4.69) is 47.6 Å². The van der Waals surface area contributed by atoms with E-state index in [0.29, 0.717) is 19.3 Å². The molecule has 17 nitrogen and oxygen atoms in total. The van der Waals surface area contributed by atoms with Crippen molar-refractivity contribution in [3.05, 3.63) is 11.6 Å². The van der Waals surface area contributed by atoms with Gasteiger partial charge in [0.15, 0.2) is 18.9 Å². The van der Waals surface area contributed by atoms with Crippen molar-refractivity contribution in [3.63, 3.8) is 0 Å².